The SMILES string of the molecule is CC1CCC(O)(CN[C@H](C)[C@H]2CCCO2)CC1. The largest absolute Gasteiger partial charge is 0.389 e. The van der Waals surface area contributed by atoms with E-state index in [1.807, 2.05) is 0 Å². The van der Waals surface area contributed by atoms with E-state index in [2.05, 4.69) is 19.2 Å². The van der Waals surface area contributed by atoms with E-state index in [-0.39, 0.29) is 0 Å². The lowest BCUT2D eigenvalue weighted by Crippen LogP contribution is -2.48. The average Bonchev–Trinajstić information content (AvgIpc) is 2.84. The fourth-order valence-electron chi connectivity index (χ4n) is 2.96. The zero-order valence-electron chi connectivity index (χ0n) is 11.2. The fourth-order valence-corrected chi connectivity index (χ4v) is 2.96. The first-order valence-electron chi connectivity index (χ1n) is 7.16. The van der Waals surface area contributed by atoms with E-state index in [0.29, 0.717) is 12.1 Å². The molecule has 0 aromatic heterocycles. The second-order valence-corrected chi connectivity index (χ2v) is 6.13. The molecule has 2 atom stereocenters. The third-order valence-corrected chi connectivity index (χ3v) is 4.48. The Balaban J connectivity index is 1.73. The first kappa shape index (κ1) is 13.3. The Morgan fingerprint density at radius 1 is 1.35 bits per heavy atom. The molecule has 2 fully saturated rings. The Labute approximate surface area is 105 Å². The number of ether oxygens (including phenoxy) is 1. The van der Waals surface area contributed by atoms with Gasteiger partial charge in [0.05, 0.1) is 11.7 Å². The zero-order valence-corrected chi connectivity index (χ0v) is 11.2. The summed E-state index contributed by atoms with van der Waals surface area (Å²) >= 11 is 0. The highest BCUT2D eigenvalue weighted by Crippen LogP contribution is 2.31. The van der Waals surface area contributed by atoms with Crippen molar-refractivity contribution in [3.8, 4) is 0 Å². The summed E-state index contributed by atoms with van der Waals surface area (Å²) in [6.45, 7) is 6.08. The molecule has 2 N–H and O–H groups in total. The van der Waals surface area contributed by atoms with Crippen molar-refractivity contribution in [1.29, 1.82) is 0 Å². The molecule has 1 aliphatic heterocycles. The Bertz CT molecular complexity index is 230. The van der Waals surface area contributed by atoms with Crippen molar-refractivity contribution in [3.05, 3.63) is 0 Å². The smallest absolute Gasteiger partial charge is 0.0771 e. The third kappa shape index (κ3) is 3.67. The number of hydrogen-bond donors (Lipinski definition) is 2. The normalized spacial score (nSPS) is 40.4. The molecule has 1 saturated carbocycles. The van der Waals surface area contributed by atoms with Gasteiger partial charge in [-0.25, -0.2) is 0 Å². The molecule has 0 amide bonds. The van der Waals surface area contributed by atoms with Crippen LogP contribution in [-0.4, -0.2) is 36.0 Å². The molecule has 2 rings (SSSR count). The molecule has 3 nitrogen and oxygen atoms in total. The lowest BCUT2D eigenvalue weighted by Gasteiger charge is -2.36. The molecular formula is C14H27NO2. The molecule has 0 unspecified atom stereocenters. The minimum atomic E-state index is -0.473. The molecule has 3 heteroatoms. The van der Waals surface area contributed by atoms with Gasteiger partial charge in [0.25, 0.3) is 0 Å². The van der Waals surface area contributed by atoms with Crippen LogP contribution in [0.5, 0.6) is 0 Å². The van der Waals surface area contributed by atoms with Gasteiger partial charge in [0.1, 0.15) is 0 Å². The number of aliphatic hydroxyl groups is 1. The van der Waals surface area contributed by atoms with Gasteiger partial charge in [0.2, 0.25) is 0 Å². The Morgan fingerprint density at radius 2 is 2.06 bits per heavy atom. The minimum Gasteiger partial charge on any atom is -0.389 e. The number of rotatable bonds is 4. The van der Waals surface area contributed by atoms with Crippen LogP contribution in [0.25, 0.3) is 0 Å². The molecule has 17 heavy (non-hydrogen) atoms. The van der Waals surface area contributed by atoms with Gasteiger partial charge in [0, 0.05) is 19.2 Å². The standard InChI is InChI=1S/C14H27NO2/c1-11-5-7-14(16,8-6-11)10-15-12(2)13-4-3-9-17-13/h11-13,15-16H,3-10H2,1-2H3/t11?,12-,13-,14?/m1/s1. The summed E-state index contributed by atoms with van der Waals surface area (Å²) in [4.78, 5) is 0. The van der Waals surface area contributed by atoms with E-state index >= 15 is 0 Å². The van der Waals surface area contributed by atoms with Gasteiger partial charge in [-0.2, -0.15) is 0 Å². The van der Waals surface area contributed by atoms with E-state index in [1.54, 1.807) is 0 Å². The summed E-state index contributed by atoms with van der Waals surface area (Å²) in [5.41, 5.74) is -0.473. The molecule has 1 aliphatic carbocycles. The first-order chi connectivity index (χ1) is 8.09. The van der Waals surface area contributed by atoms with Crippen LogP contribution in [0.2, 0.25) is 0 Å². The molecule has 0 spiro atoms. The van der Waals surface area contributed by atoms with Gasteiger partial charge < -0.3 is 15.2 Å². The van der Waals surface area contributed by atoms with Crippen molar-refractivity contribution >= 4 is 0 Å². The maximum absolute atomic E-state index is 10.5. The van der Waals surface area contributed by atoms with Crippen LogP contribution in [0.15, 0.2) is 0 Å². The van der Waals surface area contributed by atoms with Crippen LogP contribution < -0.4 is 5.32 Å². The molecule has 0 radical (unpaired) electrons. The van der Waals surface area contributed by atoms with Gasteiger partial charge in [-0.05, 0) is 51.4 Å². The first-order valence-corrected chi connectivity index (χ1v) is 7.16. The highest BCUT2D eigenvalue weighted by atomic mass is 16.5. The van der Waals surface area contributed by atoms with E-state index in [1.165, 1.54) is 6.42 Å². The number of hydrogen-bond acceptors (Lipinski definition) is 3. The predicted octanol–water partition coefficient (Wildman–Crippen LogP) is 2.08. The molecule has 0 aromatic rings. The Morgan fingerprint density at radius 3 is 2.65 bits per heavy atom. The topological polar surface area (TPSA) is 41.5 Å². The second-order valence-electron chi connectivity index (χ2n) is 6.13. The molecule has 100 valence electrons. The lowest BCUT2D eigenvalue weighted by atomic mass is 9.79. The van der Waals surface area contributed by atoms with Crippen LogP contribution in [-0.2, 0) is 4.74 Å². The quantitative estimate of drug-likeness (QED) is 0.792. The van der Waals surface area contributed by atoms with Crippen molar-refractivity contribution in [1.82, 2.24) is 5.32 Å². The summed E-state index contributed by atoms with van der Waals surface area (Å²) in [7, 11) is 0. The zero-order chi connectivity index (χ0) is 12.3. The predicted molar refractivity (Wildman–Crippen MR) is 69.0 cm³/mol. The average molecular weight is 241 g/mol. The molecule has 2 aliphatic rings. The fraction of sp³-hybridized carbons (Fsp3) is 1.00. The van der Waals surface area contributed by atoms with Gasteiger partial charge in [-0.1, -0.05) is 6.92 Å². The van der Waals surface area contributed by atoms with Crippen LogP contribution in [0, 0.1) is 5.92 Å². The van der Waals surface area contributed by atoms with E-state index in [9.17, 15) is 5.11 Å². The second kappa shape index (κ2) is 5.68. The Kier molecular flexibility index (Phi) is 4.45. The number of nitrogens with one attached hydrogen (secondary N) is 1. The van der Waals surface area contributed by atoms with Crippen molar-refractivity contribution in [3.63, 3.8) is 0 Å². The van der Waals surface area contributed by atoms with Crippen LogP contribution in [0.4, 0.5) is 0 Å². The molecular weight excluding hydrogens is 214 g/mol. The van der Waals surface area contributed by atoms with Gasteiger partial charge in [0.15, 0.2) is 0 Å². The minimum absolute atomic E-state index is 0.348. The summed E-state index contributed by atoms with van der Waals surface area (Å²) in [5.74, 6) is 0.783. The molecule has 0 bridgehead atoms. The van der Waals surface area contributed by atoms with E-state index in [0.717, 1.165) is 51.2 Å². The summed E-state index contributed by atoms with van der Waals surface area (Å²) in [6, 6.07) is 0.362. The molecule has 0 aromatic carbocycles. The Hall–Kier alpha value is -0.120. The highest BCUT2D eigenvalue weighted by Gasteiger charge is 2.32. The van der Waals surface area contributed by atoms with E-state index < -0.39 is 5.60 Å². The summed E-state index contributed by atoms with van der Waals surface area (Å²) < 4.78 is 5.66. The van der Waals surface area contributed by atoms with Crippen molar-refractivity contribution in [2.45, 2.75) is 70.1 Å². The highest BCUT2D eigenvalue weighted by molar-refractivity contribution is 4.88. The van der Waals surface area contributed by atoms with Gasteiger partial charge >= 0.3 is 0 Å². The summed E-state index contributed by atoms with van der Waals surface area (Å²) in [6.07, 6.45) is 6.89. The molecule has 1 heterocycles. The van der Waals surface area contributed by atoms with Crippen LogP contribution in [0.3, 0.4) is 0 Å². The lowest BCUT2D eigenvalue weighted by molar-refractivity contribution is -0.0132. The van der Waals surface area contributed by atoms with E-state index in [4.69, 9.17) is 4.74 Å². The summed E-state index contributed by atoms with van der Waals surface area (Å²) in [5, 5.41) is 14.0. The van der Waals surface area contributed by atoms with Crippen molar-refractivity contribution in [2.24, 2.45) is 5.92 Å². The maximum atomic E-state index is 10.5. The maximum Gasteiger partial charge on any atom is 0.0771 e. The third-order valence-electron chi connectivity index (χ3n) is 4.48. The monoisotopic (exact) mass is 241 g/mol. The molecule has 1 saturated heterocycles. The van der Waals surface area contributed by atoms with Crippen molar-refractivity contribution < 1.29 is 9.84 Å². The van der Waals surface area contributed by atoms with Gasteiger partial charge in [-0.3, -0.25) is 0 Å². The van der Waals surface area contributed by atoms with Crippen molar-refractivity contribution in [2.75, 3.05) is 13.2 Å². The van der Waals surface area contributed by atoms with Gasteiger partial charge in [-0.15, -0.1) is 0 Å². The van der Waals surface area contributed by atoms with Crippen LogP contribution >= 0.6 is 0 Å². The van der Waals surface area contributed by atoms with Crippen LogP contribution in [0.1, 0.15) is 52.4 Å².